The zero-order chi connectivity index (χ0) is 11.5. The van der Waals surface area contributed by atoms with Crippen molar-refractivity contribution in [3.05, 3.63) is 35.1 Å². The molecule has 1 aromatic rings. The molecule has 0 bridgehead atoms. The monoisotopic (exact) mass is 259 g/mol. The first kappa shape index (κ1) is 14.4. The van der Waals surface area contributed by atoms with Crippen molar-refractivity contribution in [3.63, 3.8) is 0 Å². The van der Waals surface area contributed by atoms with Crippen LogP contribution in [0.15, 0.2) is 18.2 Å². The molecule has 96 valence electrons. The number of rotatable bonds is 2. The highest BCUT2D eigenvalue weighted by Gasteiger charge is 2.22. The van der Waals surface area contributed by atoms with Gasteiger partial charge in [0.1, 0.15) is 5.82 Å². The molecule has 0 spiro atoms. The summed E-state index contributed by atoms with van der Waals surface area (Å²) in [5.74, 6) is 0.246. The van der Waals surface area contributed by atoms with E-state index in [1.54, 1.807) is 19.1 Å². The third-order valence-electron chi connectivity index (χ3n) is 3.35. The first-order chi connectivity index (χ1) is 7.68. The first-order valence-corrected chi connectivity index (χ1v) is 5.78. The van der Waals surface area contributed by atoms with Gasteiger partial charge in [-0.1, -0.05) is 12.1 Å². The minimum atomic E-state index is -0.167. The van der Waals surface area contributed by atoms with E-state index in [0.717, 1.165) is 31.6 Å². The number of halogens is 2. The van der Waals surface area contributed by atoms with Gasteiger partial charge >= 0.3 is 0 Å². The maximum Gasteiger partial charge on any atom is 0.126 e. The SMILES string of the molecule is Cc1ccc([C@H](N)C2CCOCC2)cc1F.Cl. The van der Waals surface area contributed by atoms with Gasteiger partial charge in [0.15, 0.2) is 0 Å². The van der Waals surface area contributed by atoms with Gasteiger partial charge in [-0.25, -0.2) is 4.39 Å². The van der Waals surface area contributed by atoms with E-state index in [9.17, 15) is 4.39 Å². The van der Waals surface area contributed by atoms with Crippen LogP contribution < -0.4 is 5.73 Å². The Labute approximate surface area is 108 Å². The predicted octanol–water partition coefficient (Wildman–Crippen LogP) is 2.98. The molecule has 0 unspecified atom stereocenters. The van der Waals surface area contributed by atoms with E-state index in [2.05, 4.69) is 0 Å². The molecule has 1 atom stereocenters. The molecule has 17 heavy (non-hydrogen) atoms. The molecular formula is C13H19ClFNO. The fourth-order valence-electron chi connectivity index (χ4n) is 2.16. The third kappa shape index (κ3) is 3.41. The highest BCUT2D eigenvalue weighted by molar-refractivity contribution is 5.85. The Morgan fingerprint density at radius 3 is 2.59 bits per heavy atom. The standard InChI is InChI=1S/C13H18FNO.ClH/c1-9-2-3-11(8-12(9)14)13(15)10-4-6-16-7-5-10;/h2-3,8,10,13H,4-7,15H2,1H3;1H/t13-;/m1./s1. The van der Waals surface area contributed by atoms with Crippen molar-refractivity contribution in [3.8, 4) is 0 Å². The van der Waals surface area contributed by atoms with Crippen LogP contribution in [-0.4, -0.2) is 13.2 Å². The summed E-state index contributed by atoms with van der Waals surface area (Å²) in [7, 11) is 0. The maximum absolute atomic E-state index is 13.4. The Kier molecular flexibility index (Phi) is 5.37. The lowest BCUT2D eigenvalue weighted by Gasteiger charge is -2.28. The maximum atomic E-state index is 13.4. The van der Waals surface area contributed by atoms with Gasteiger partial charge in [-0.2, -0.15) is 0 Å². The largest absolute Gasteiger partial charge is 0.381 e. The second kappa shape index (κ2) is 6.34. The molecular weight excluding hydrogens is 241 g/mol. The number of hydrogen-bond acceptors (Lipinski definition) is 2. The molecule has 0 aliphatic carbocycles. The summed E-state index contributed by atoms with van der Waals surface area (Å²) < 4.78 is 18.7. The van der Waals surface area contributed by atoms with Crippen LogP contribution in [0.5, 0.6) is 0 Å². The van der Waals surface area contributed by atoms with Gasteiger partial charge in [0.2, 0.25) is 0 Å². The highest BCUT2D eigenvalue weighted by atomic mass is 35.5. The van der Waals surface area contributed by atoms with Crippen molar-refractivity contribution >= 4 is 12.4 Å². The molecule has 0 radical (unpaired) electrons. The van der Waals surface area contributed by atoms with Gasteiger partial charge in [0.25, 0.3) is 0 Å². The quantitative estimate of drug-likeness (QED) is 0.886. The Bertz CT molecular complexity index is 366. The van der Waals surface area contributed by atoms with E-state index < -0.39 is 0 Å². The van der Waals surface area contributed by atoms with Crippen molar-refractivity contribution in [2.24, 2.45) is 11.7 Å². The van der Waals surface area contributed by atoms with Crippen LogP contribution in [0.3, 0.4) is 0 Å². The lowest BCUT2D eigenvalue weighted by Crippen LogP contribution is -2.27. The number of hydrogen-bond donors (Lipinski definition) is 1. The molecule has 1 heterocycles. The smallest absolute Gasteiger partial charge is 0.126 e. The fourth-order valence-corrected chi connectivity index (χ4v) is 2.16. The number of aryl methyl sites for hydroxylation is 1. The van der Waals surface area contributed by atoms with Crippen LogP contribution in [0.4, 0.5) is 4.39 Å². The summed E-state index contributed by atoms with van der Waals surface area (Å²) in [4.78, 5) is 0. The fraction of sp³-hybridized carbons (Fsp3) is 0.538. The topological polar surface area (TPSA) is 35.2 Å². The van der Waals surface area contributed by atoms with Gasteiger partial charge in [0.05, 0.1) is 0 Å². The van der Waals surface area contributed by atoms with Crippen LogP contribution in [0, 0.1) is 18.7 Å². The van der Waals surface area contributed by atoms with Crippen LogP contribution in [0.1, 0.15) is 30.0 Å². The Hall–Kier alpha value is -0.640. The molecule has 2 nitrogen and oxygen atoms in total. The van der Waals surface area contributed by atoms with Gasteiger partial charge in [-0.05, 0) is 42.9 Å². The molecule has 4 heteroatoms. The average molecular weight is 260 g/mol. The number of benzene rings is 1. The lowest BCUT2D eigenvalue weighted by molar-refractivity contribution is 0.0583. The molecule has 0 amide bonds. The van der Waals surface area contributed by atoms with Gasteiger partial charge in [-0.3, -0.25) is 0 Å². The van der Waals surface area contributed by atoms with Gasteiger partial charge < -0.3 is 10.5 Å². The molecule has 1 aromatic carbocycles. The second-order valence-corrected chi connectivity index (χ2v) is 4.48. The van der Waals surface area contributed by atoms with Gasteiger partial charge in [0, 0.05) is 19.3 Å². The second-order valence-electron chi connectivity index (χ2n) is 4.48. The summed E-state index contributed by atoms with van der Waals surface area (Å²) in [6.45, 7) is 3.30. The summed E-state index contributed by atoms with van der Waals surface area (Å²) in [6, 6.07) is 5.22. The van der Waals surface area contributed by atoms with Crippen molar-refractivity contribution in [2.75, 3.05) is 13.2 Å². The van der Waals surface area contributed by atoms with Crippen molar-refractivity contribution in [1.82, 2.24) is 0 Å². The molecule has 1 fully saturated rings. The minimum absolute atomic E-state index is 0. The zero-order valence-corrected chi connectivity index (χ0v) is 10.8. The Balaban J connectivity index is 0.00000144. The van der Waals surface area contributed by atoms with Crippen LogP contribution in [-0.2, 0) is 4.74 Å². The first-order valence-electron chi connectivity index (χ1n) is 5.78. The normalized spacial score (nSPS) is 18.5. The molecule has 1 saturated heterocycles. The van der Waals surface area contributed by atoms with Crippen molar-refractivity contribution in [1.29, 1.82) is 0 Å². The van der Waals surface area contributed by atoms with E-state index in [1.807, 2.05) is 6.07 Å². The number of ether oxygens (including phenoxy) is 1. The Morgan fingerprint density at radius 1 is 1.35 bits per heavy atom. The highest BCUT2D eigenvalue weighted by Crippen LogP contribution is 2.28. The number of nitrogens with two attached hydrogens (primary N) is 1. The minimum Gasteiger partial charge on any atom is -0.381 e. The third-order valence-corrected chi connectivity index (χ3v) is 3.35. The van der Waals surface area contributed by atoms with E-state index >= 15 is 0 Å². The van der Waals surface area contributed by atoms with Crippen LogP contribution in [0.2, 0.25) is 0 Å². The summed E-state index contributed by atoms with van der Waals surface area (Å²) in [5, 5.41) is 0. The molecule has 1 aliphatic heterocycles. The summed E-state index contributed by atoms with van der Waals surface area (Å²) >= 11 is 0. The average Bonchev–Trinajstić information content (AvgIpc) is 2.33. The van der Waals surface area contributed by atoms with E-state index in [-0.39, 0.29) is 24.3 Å². The predicted molar refractivity (Wildman–Crippen MR) is 68.9 cm³/mol. The van der Waals surface area contributed by atoms with Crippen LogP contribution in [0.25, 0.3) is 0 Å². The molecule has 1 aliphatic rings. The Morgan fingerprint density at radius 2 is 2.00 bits per heavy atom. The molecule has 0 aromatic heterocycles. The van der Waals surface area contributed by atoms with Crippen LogP contribution >= 0.6 is 12.4 Å². The van der Waals surface area contributed by atoms with Crippen molar-refractivity contribution in [2.45, 2.75) is 25.8 Å². The zero-order valence-electron chi connectivity index (χ0n) is 9.99. The van der Waals surface area contributed by atoms with Gasteiger partial charge in [-0.15, -0.1) is 12.4 Å². The van der Waals surface area contributed by atoms with E-state index in [1.165, 1.54) is 0 Å². The lowest BCUT2D eigenvalue weighted by atomic mass is 9.87. The van der Waals surface area contributed by atoms with Crippen molar-refractivity contribution < 1.29 is 9.13 Å². The molecule has 2 rings (SSSR count). The molecule has 0 saturated carbocycles. The van der Waals surface area contributed by atoms with E-state index in [0.29, 0.717) is 11.5 Å². The van der Waals surface area contributed by atoms with E-state index in [4.69, 9.17) is 10.5 Å². The molecule has 2 N–H and O–H groups in total. The summed E-state index contributed by atoms with van der Waals surface area (Å²) in [5.41, 5.74) is 7.73. The summed E-state index contributed by atoms with van der Waals surface area (Å²) in [6.07, 6.45) is 1.94.